The van der Waals surface area contributed by atoms with E-state index in [0.717, 1.165) is 0 Å². The Balaban J connectivity index is 2.00. The van der Waals surface area contributed by atoms with Gasteiger partial charge >= 0.3 is 0 Å². The Kier molecular flexibility index (Phi) is 3.43. The summed E-state index contributed by atoms with van der Waals surface area (Å²) in [4.78, 5) is 11.8. The number of aryl methyl sites for hydroxylation is 1. The molecule has 1 heterocycles. The number of rotatable bonds is 4. The molecule has 0 saturated carbocycles. The van der Waals surface area contributed by atoms with Crippen LogP contribution in [0.5, 0.6) is 0 Å². The van der Waals surface area contributed by atoms with E-state index in [1.807, 2.05) is 18.2 Å². The summed E-state index contributed by atoms with van der Waals surface area (Å²) in [5.74, 6) is 6.67. The third-order valence-electron chi connectivity index (χ3n) is 2.26. The topological polar surface area (TPSA) is 73.8 Å². The van der Waals surface area contributed by atoms with Crippen molar-refractivity contribution in [1.82, 2.24) is 14.9 Å². The number of benzene rings is 1. The summed E-state index contributed by atoms with van der Waals surface area (Å²) >= 11 is 1.29. The van der Waals surface area contributed by atoms with E-state index in [9.17, 15) is 4.79 Å². The lowest BCUT2D eigenvalue weighted by Gasteiger charge is -2.01. The molecule has 17 heavy (non-hydrogen) atoms. The quantitative estimate of drug-likeness (QED) is 0.501. The third kappa shape index (κ3) is 2.65. The number of Topliss-reactive ketones (excluding diaryl/α,β-unsaturated/α-hetero) is 1. The fourth-order valence-electron chi connectivity index (χ4n) is 1.29. The molecule has 0 aliphatic carbocycles. The van der Waals surface area contributed by atoms with Crippen molar-refractivity contribution in [2.45, 2.75) is 12.1 Å². The van der Waals surface area contributed by atoms with Crippen LogP contribution in [0.4, 0.5) is 0 Å². The minimum Gasteiger partial charge on any atom is -0.336 e. The molecular formula is C11H12N4OS. The van der Waals surface area contributed by atoms with E-state index >= 15 is 0 Å². The van der Waals surface area contributed by atoms with Crippen LogP contribution in [0.1, 0.15) is 16.2 Å². The van der Waals surface area contributed by atoms with Gasteiger partial charge in [-0.2, -0.15) is 0 Å². The number of carbonyl (C=O) groups excluding carboxylic acids is 1. The zero-order valence-corrected chi connectivity index (χ0v) is 10.1. The fraction of sp³-hybridized carbons (Fsp3) is 0.182. The van der Waals surface area contributed by atoms with Crippen molar-refractivity contribution in [3.05, 3.63) is 41.7 Å². The van der Waals surface area contributed by atoms with E-state index in [1.165, 1.54) is 16.4 Å². The van der Waals surface area contributed by atoms with Crippen molar-refractivity contribution in [2.75, 3.05) is 11.6 Å². The van der Waals surface area contributed by atoms with Gasteiger partial charge in [0.05, 0.1) is 5.75 Å². The monoisotopic (exact) mass is 248 g/mol. The predicted molar refractivity (Wildman–Crippen MR) is 66.4 cm³/mol. The number of nitrogens with two attached hydrogens (primary N) is 1. The van der Waals surface area contributed by atoms with E-state index in [2.05, 4.69) is 10.2 Å². The Morgan fingerprint density at radius 1 is 1.35 bits per heavy atom. The van der Waals surface area contributed by atoms with Crippen molar-refractivity contribution in [1.29, 1.82) is 0 Å². The van der Waals surface area contributed by atoms with Gasteiger partial charge in [-0.05, 0) is 6.92 Å². The molecule has 2 rings (SSSR count). The Bertz CT molecular complexity index is 524. The lowest BCUT2D eigenvalue weighted by atomic mass is 10.2. The average molecular weight is 248 g/mol. The van der Waals surface area contributed by atoms with Crippen molar-refractivity contribution >= 4 is 17.5 Å². The highest BCUT2D eigenvalue weighted by molar-refractivity contribution is 7.99. The second-order valence-electron chi connectivity index (χ2n) is 3.48. The van der Waals surface area contributed by atoms with Gasteiger partial charge in [0.1, 0.15) is 5.82 Å². The van der Waals surface area contributed by atoms with Gasteiger partial charge in [-0.25, -0.2) is 4.68 Å². The summed E-state index contributed by atoms with van der Waals surface area (Å²) in [5.41, 5.74) is 0.694. The average Bonchev–Trinajstić information content (AvgIpc) is 2.68. The maximum absolute atomic E-state index is 11.8. The molecule has 6 heteroatoms. The molecule has 0 atom stereocenters. The highest BCUT2D eigenvalue weighted by Gasteiger charge is 2.10. The summed E-state index contributed by atoms with van der Waals surface area (Å²) < 4.78 is 1.38. The van der Waals surface area contributed by atoms with E-state index in [1.54, 1.807) is 19.1 Å². The van der Waals surface area contributed by atoms with E-state index in [0.29, 0.717) is 22.3 Å². The van der Waals surface area contributed by atoms with Crippen LogP contribution in [-0.4, -0.2) is 26.4 Å². The van der Waals surface area contributed by atoms with Crippen LogP contribution in [0.3, 0.4) is 0 Å². The third-order valence-corrected chi connectivity index (χ3v) is 3.21. The van der Waals surface area contributed by atoms with Gasteiger partial charge in [0.2, 0.25) is 5.16 Å². The fourth-order valence-corrected chi connectivity index (χ4v) is 2.08. The molecule has 1 aromatic carbocycles. The van der Waals surface area contributed by atoms with Gasteiger partial charge in [0, 0.05) is 5.56 Å². The molecule has 2 aromatic rings. The zero-order chi connectivity index (χ0) is 12.3. The summed E-state index contributed by atoms with van der Waals surface area (Å²) in [7, 11) is 0. The number of aromatic nitrogens is 3. The first kappa shape index (κ1) is 11.7. The van der Waals surface area contributed by atoms with E-state index in [-0.39, 0.29) is 5.78 Å². The second-order valence-corrected chi connectivity index (χ2v) is 4.42. The minimum atomic E-state index is 0.0521. The van der Waals surface area contributed by atoms with Gasteiger partial charge < -0.3 is 5.84 Å². The molecule has 1 aromatic heterocycles. The molecule has 5 nitrogen and oxygen atoms in total. The molecule has 0 radical (unpaired) electrons. The van der Waals surface area contributed by atoms with Gasteiger partial charge in [-0.1, -0.05) is 42.1 Å². The van der Waals surface area contributed by atoms with Crippen molar-refractivity contribution in [2.24, 2.45) is 0 Å². The number of thioether (sulfide) groups is 1. The van der Waals surface area contributed by atoms with Gasteiger partial charge in [0.25, 0.3) is 0 Å². The van der Waals surface area contributed by atoms with Crippen molar-refractivity contribution < 1.29 is 4.79 Å². The Morgan fingerprint density at radius 2 is 2.06 bits per heavy atom. The first-order chi connectivity index (χ1) is 8.18. The molecule has 0 aliphatic rings. The van der Waals surface area contributed by atoms with Crippen LogP contribution in [-0.2, 0) is 0 Å². The molecule has 88 valence electrons. The number of hydrogen-bond acceptors (Lipinski definition) is 5. The van der Waals surface area contributed by atoms with Gasteiger partial charge in [-0.3, -0.25) is 4.79 Å². The largest absolute Gasteiger partial charge is 0.336 e. The van der Waals surface area contributed by atoms with Crippen molar-refractivity contribution in [3.63, 3.8) is 0 Å². The predicted octanol–water partition coefficient (Wildman–Crippen LogP) is 1.28. The summed E-state index contributed by atoms with van der Waals surface area (Å²) in [6.07, 6.45) is 0. The first-order valence-corrected chi connectivity index (χ1v) is 6.05. The standard InChI is InChI=1S/C11H12N4OS/c1-8-13-14-11(15(8)12)17-7-10(16)9-5-3-2-4-6-9/h2-6H,7,12H2,1H3. The molecule has 0 aliphatic heterocycles. The molecule has 0 fully saturated rings. The van der Waals surface area contributed by atoms with Gasteiger partial charge in [0.15, 0.2) is 5.78 Å². The lowest BCUT2D eigenvalue weighted by Crippen LogP contribution is -2.12. The normalized spacial score (nSPS) is 10.4. The number of nitrogens with zero attached hydrogens (tertiary/aromatic N) is 3. The molecule has 2 N–H and O–H groups in total. The number of carbonyl (C=O) groups is 1. The Labute approximate surface area is 103 Å². The van der Waals surface area contributed by atoms with Crippen LogP contribution in [0.25, 0.3) is 0 Å². The zero-order valence-electron chi connectivity index (χ0n) is 9.33. The van der Waals surface area contributed by atoms with Crippen LogP contribution in [0.2, 0.25) is 0 Å². The Hall–Kier alpha value is -1.82. The molecule has 0 bridgehead atoms. The van der Waals surface area contributed by atoms with Crippen LogP contribution in [0, 0.1) is 6.92 Å². The number of nitrogen functional groups attached to an aromatic ring is 1. The highest BCUT2D eigenvalue weighted by atomic mass is 32.2. The van der Waals surface area contributed by atoms with E-state index in [4.69, 9.17) is 5.84 Å². The number of ketones is 1. The van der Waals surface area contributed by atoms with E-state index < -0.39 is 0 Å². The van der Waals surface area contributed by atoms with Crippen LogP contribution in [0.15, 0.2) is 35.5 Å². The second kappa shape index (κ2) is 5.01. The molecule has 0 saturated heterocycles. The van der Waals surface area contributed by atoms with Crippen LogP contribution >= 0.6 is 11.8 Å². The maximum Gasteiger partial charge on any atom is 0.210 e. The van der Waals surface area contributed by atoms with Gasteiger partial charge in [-0.15, -0.1) is 10.2 Å². The van der Waals surface area contributed by atoms with Crippen molar-refractivity contribution in [3.8, 4) is 0 Å². The smallest absolute Gasteiger partial charge is 0.210 e. The molecular weight excluding hydrogens is 236 g/mol. The molecule has 0 amide bonds. The number of hydrogen-bond donors (Lipinski definition) is 1. The molecule has 0 spiro atoms. The lowest BCUT2D eigenvalue weighted by molar-refractivity contribution is 0.102. The Morgan fingerprint density at radius 3 is 2.65 bits per heavy atom. The summed E-state index contributed by atoms with van der Waals surface area (Å²) in [5, 5.41) is 8.25. The van der Waals surface area contributed by atoms with Crippen LogP contribution < -0.4 is 5.84 Å². The molecule has 0 unspecified atom stereocenters. The first-order valence-electron chi connectivity index (χ1n) is 5.06. The SMILES string of the molecule is Cc1nnc(SCC(=O)c2ccccc2)n1N. The highest BCUT2D eigenvalue weighted by Crippen LogP contribution is 2.16. The summed E-state index contributed by atoms with van der Waals surface area (Å²) in [6.45, 7) is 1.76. The minimum absolute atomic E-state index is 0.0521. The maximum atomic E-state index is 11.8. The summed E-state index contributed by atoms with van der Waals surface area (Å²) in [6, 6.07) is 9.15.